The van der Waals surface area contributed by atoms with E-state index in [4.69, 9.17) is 4.52 Å². The summed E-state index contributed by atoms with van der Waals surface area (Å²) in [6.07, 6.45) is 6.44. The Kier molecular flexibility index (Phi) is 7.71. The Balaban J connectivity index is 1.95. The fourth-order valence-electron chi connectivity index (χ4n) is 2.89. The molecular formula is C23H26N2O4. The average molecular weight is 394 g/mol. The van der Waals surface area contributed by atoms with Crippen LogP contribution in [0.5, 0.6) is 0 Å². The van der Waals surface area contributed by atoms with Gasteiger partial charge in [-0.2, -0.15) is 0 Å². The van der Waals surface area contributed by atoms with Gasteiger partial charge in [-0.25, -0.2) is 4.79 Å². The molecule has 6 nitrogen and oxygen atoms in total. The van der Waals surface area contributed by atoms with Crippen molar-refractivity contribution in [2.45, 2.75) is 40.0 Å². The van der Waals surface area contributed by atoms with Gasteiger partial charge in [0.2, 0.25) is 5.91 Å². The van der Waals surface area contributed by atoms with Crippen LogP contribution in [0.2, 0.25) is 0 Å². The molecule has 0 atom stereocenters. The molecule has 0 unspecified atom stereocenters. The number of nitrogens with one attached hydrogen (secondary N) is 1. The highest BCUT2D eigenvalue weighted by atomic mass is 16.5. The summed E-state index contributed by atoms with van der Waals surface area (Å²) < 4.78 is 5.20. The quantitative estimate of drug-likeness (QED) is 0.483. The number of hydrogen-bond acceptors (Lipinski definition) is 4. The van der Waals surface area contributed by atoms with E-state index in [0.717, 1.165) is 34.6 Å². The molecule has 0 radical (unpaired) electrons. The first-order chi connectivity index (χ1) is 13.8. The van der Waals surface area contributed by atoms with Crippen LogP contribution in [0, 0.1) is 13.8 Å². The van der Waals surface area contributed by atoms with Gasteiger partial charge < -0.3 is 14.9 Å². The van der Waals surface area contributed by atoms with Crippen molar-refractivity contribution in [1.29, 1.82) is 0 Å². The smallest absolute Gasteiger partial charge is 0.337 e. The minimum Gasteiger partial charge on any atom is -0.478 e. The van der Waals surface area contributed by atoms with E-state index in [1.165, 1.54) is 6.08 Å². The molecule has 1 heterocycles. The highest BCUT2D eigenvalue weighted by Crippen LogP contribution is 2.27. The number of hydrogen-bond donors (Lipinski definition) is 2. The molecule has 0 saturated heterocycles. The van der Waals surface area contributed by atoms with Gasteiger partial charge >= 0.3 is 5.97 Å². The van der Waals surface area contributed by atoms with Gasteiger partial charge in [-0.3, -0.25) is 4.79 Å². The Morgan fingerprint density at radius 3 is 2.48 bits per heavy atom. The van der Waals surface area contributed by atoms with Crippen LogP contribution in [0.4, 0.5) is 0 Å². The number of carbonyl (C=O) groups is 2. The van der Waals surface area contributed by atoms with E-state index in [1.807, 2.05) is 51.1 Å². The van der Waals surface area contributed by atoms with Crippen molar-refractivity contribution in [1.82, 2.24) is 10.5 Å². The molecule has 152 valence electrons. The highest BCUT2D eigenvalue weighted by molar-refractivity contribution is 5.93. The summed E-state index contributed by atoms with van der Waals surface area (Å²) in [5.74, 6) is -0.647. The number of nitrogens with zero attached hydrogens (tertiary/aromatic N) is 1. The highest BCUT2D eigenvalue weighted by Gasteiger charge is 2.14. The molecule has 29 heavy (non-hydrogen) atoms. The molecule has 2 aromatic rings. The molecule has 2 N–H and O–H groups in total. The van der Waals surface area contributed by atoms with Crippen molar-refractivity contribution in [2.24, 2.45) is 0 Å². The number of carbonyl (C=O) groups excluding carboxylic acids is 1. The zero-order valence-corrected chi connectivity index (χ0v) is 17.0. The largest absolute Gasteiger partial charge is 0.478 e. The molecule has 1 aromatic heterocycles. The molecule has 1 aromatic carbocycles. The van der Waals surface area contributed by atoms with E-state index >= 15 is 0 Å². The minimum absolute atomic E-state index is 0.0353. The maximum absolute atomic E-state index is 12.2. The van der Waals surface area contributed by atoms with Crippen LogP contribution in [0.25, 0.3) is 11.1 Å². The van der Waals surface area contributed by atoms with Gasteiger partial charge in [0, 0.05) is 17.7 Å². The lowest BCUT2D eigenvalue weighted by Crippen LogP contribution is -2.25. The van der Waals surface area contributed by atoms with Crippen molar-refractivity contribution < 1.29 is 19.2 Å². The van der Waals surface area contributed by atoms with Gasteiger partial charge in [0.05, 0.1) is 11.3 Å². The van der Waals surface area contributed by atoms with Crippen molar-refractivity contribution in [3.05, 3.63) is 77.4 Å². The maximum Gasteiger partial charge on any atom is 0.337 e. The van der Waals surface area contributed by atoms with Crippen molar-refractivity contribution in [2.75, 3.05) is 0 Å². The van der Waals surface area contributed by atoms with E-state index in [-0.39, 0.29) is 23.6 Å². The van der Waals surface area contributed by atoms with E-state index in [9.17, 15) is 14.7 Å². The van der Waals surface area contributed by atoms with Crippen LogP contribution in [-0.2, 0) is 16.0 Å². The Hall–Kier alpha value is -3.41. The number of aromatic nitrogens is 1. The number of carboxylic acid groups (broad SMARTS) is 1. The van der Waals surface area contributed by atoms with Crippen molar-refractivity contribution in [3.63, 3.8) is 0 Å². The Labute approximate surface area is 170 Å². The van der Waals surface area contributed by atoms with Gasteiger partial charge in [-0.15, -0.1) is 0 Å². The molecule has 6 heteroatoms. The Bertz CT molecular complexity index is 930. The summed E-state index contributed by atoms with van der Waals surface area (Å²) in [4.78, 5) is 23.5. The first-order valence-corrected chi connectivity index (χ1v) is 9.44. The molecule has 0 aliphatic heterocycles. The number of aryl methyl sites for hydroxylation is 3. The molecule has 0 aliphatic carbocycles. The SMILES string of the molecule is C=C(NC(=O)CCc1ccc(-c2c(C)noc2C)cc1)/C(=C\C=C/CC)C(=O)O. The fraction of sp³-hybridized carbons (Fsp3) is 0.261. The molecule has 2 rings (SSSR count). The van der Waals surface area contributed by atoms with Gasteiger partial charge in [0.1, 0.15) is 5.76 Å². The lowest BCUT2D eigenvalue weighted by molar-refractivity contribution is -0.132. The topological polar surface area (TPSA) is 92.4 Å². The summed E-state index contributed by atoms with van der Waals surface area (Å²) in [5.41, 5.74) is 3.88. The maximum atomic E-state index is 12.2. The van der Waals surface area contributed by atoms with Crippen LogP contribution < -0.4 is 5.32 Å². The standard InChI is InChI=1S/C23H26N2O4/c1-5-6-7-8-20(23(27)28)15(2)24-21(26)14-11-18-9-12-19(13-10-18)22-16(3)25-29-17(22)4/h6-10,12-13H,2,5,11,14H2,1,3-4H3,(H,24,26)(H,27,28)/b7-6-,20-8+. The lowest BCUT2D eigenvalue weighted by atomic mass is 10.0. The Morgan fingerprint density at radius 2 is 1.93 bits per heavy atom. The van der Waals surface area contributed by atoms with Crippen LogP contribution >= 0.6 is 0 Å². The predicted molar refractivity (Wildman–Crippen MR) is 112 cm³/mol. The van der Waals surface area contributed by atoms with E-state index in [2.05, 4.69) is 17.1 Å². The van der Waals surface area contributed by atoms with Gasteiger partial charge in [0.15, 0.2) is 0 Å². The van der Waals surface area contributed by atoms with Crippen LogP contribution in [0.1, 0.15) is 36.8 Å². The van der Waals surface area contributed by atoms with E-state index < -0.39 is 5.97 Å². The molecule has 0 fully saturated rings. The number of rotatable bonds is 9. The summed E-state index contributed by atoms with van der Waals surface area (Å²) in [6.45, 7) is 9.39. The first-order valence-electron chi connectivity index (χ1n) is 9.44. The molecule has 1 amide bonds. The second-order valence-corrected chi connectivity index (χ2v) is 6.64. The molecule has 0 spiro atoms. The summed E-state index contributed by atoms with van der Waals surface area (Å²) in [7, 11) is 0. The average Bonchev–Trinajstić information content (AvgIpc) is 3.02. The number of allylic oxidation sites excluding steroid dienone is 3. The first kappa shape index (κ1) is 21.9. The molecule has 0 aliphatic rings. The summed E-state index contributed by atoms with van der Waals surface area (Å²) in [5, 5.41) is 15.8. The number of benzene rings is 1. The second kappa shape index (κ2) is 10.2. The fourth-order valence-corrected chi connectivity index (χ4v) is 2.89. The van der Waals surface area contributed by atoms with Gasteiger partial charge in [0.25, 0.3) is 0 Å². The second-order valence-electron chi connectivity index (χ2n) is 6.64. The van der Waals surface area contributed by atoms with Crippen LogP contribution in [0.15, 0.2) is 64.9 Å². The van der Waals surface area contributed by atoms with Gasteiger partial charge in [-0.05, 0) is 43.9 Å². The normalized spacial score (nSPS) is 11.6. The zero-order chi connectivity index (χ0) is 21.4. The molecule has 0 saturated carbocycles. The van der Waals surface area contributed by atoms with E-state index in [0.29, 0.717) is 6.42 Å². The third kappa shape index (κ3) is 6.04. The van der Waals surface area contributed by atoms with Crippen molar-refractivity contribution >= 4 is 11.9 Å². The molecule has 0 bridgehead atoms. The zero-order valence-electron chi connectivity index (χ0n) is 17.0. The monoisotopic (exact) mass is 394 g/mol. The third-order valence-electron chi connectivity index (χ3n) is 4.40. The lowest BCUT2D eigenvalue weighted by Gasteiger charge is -2.09. The summed E-state index contributed by atoms with van der Waals surface area (Å²) >= 11 is 0. The number of aliphatic carboxylic acids is 1. The number of carboxylic acids is 1. The van der Waals surface area contributed by atoms with Crippen LogP contribution in [0.3, 0.4) is 0 Å². The minimum atomic E-state index is -1.13. The van der Waals surface area contributed by atoms with Crippen molar-refractivity contribution in [3.8, 4) is 11.1 Å². The van der Waals surface area contributed by atoms with E-state index in [1.54, 1.807) is 6.08 Å². The summed E-state index contributed by atoms with van der Waals surface area (Å²) in [6, 6.07) is 7.87. The third-order valence-corrected chi connectivity index (χ3v) is 4.40. The van der Waals surface area contributed by atoms with Gasteiger partial charge in [-0.1, -0.05) is 55.1 Å². The Morgan fingerprint density at radius 1 is 1.24 bits per heavy atom. The van der Waals surface area contributed by atoms with Crippen LogP contribution in [-0.4, -0.2) is 22.1 Å². The number of amides is 1. The molecular weight excluding hydrogens is 368 g/mol. The predicted octanol–water partition coefficient (Wildman–Crippen LogP) is 4.50.